The molecule has 1 saturated heterocycles. The molecule has 5 nitrogen and oxygen atoms in total. The fourth-order valence-electron chi connectivity index (χ4n) is 3.97. The second kappa shape index (κ2) is 19.2. The Morgan fingerprint density at radius 2 is 1.40 bits per heavy atom. The van der Waals surface area contributed by atoms with Crippen molar-refractivity contribution in [2.75, 3.05) is 19.8 Å². The van der Waals surface area contributed by atoms with Crippen molar-refractivity contribution < 1.29 is 24.8 Å². The molecule has 178 valence electrons. The minimum atomic E-state index is -1.05. The van der Waals surface area contributed by atoms with E-state index in [1.807, 2.05) is 0 Å². The van der Waals surface area contributed by atoms with E-state index in [1.165, 1.54) is 83.5 Å². The lowest BCUT2D eigenvalue weighted by atomic mass is 10.0. The third-order valence-electron chi connectivity index (χ3n) is 5.96. The molecular weight excluding hydrogens is 380 g/mol. The Labute approximate surface area is 184 Å². The first-order chi connectivity index (χ1) is 14.7. The summed E-state index contributed by atoms with van der Waals surface area (Å²) >= 11 is 0. The molecule has 0 amide bonds. The maximum atomic E-state index is 10.1. The van der Waals surface area contributed by atoms with Crippen molar-refractivity contribution in [2.45, 2.75) is 128 Å². The molecule has 1 aliphatic rings. The first kappa shape index (κ1) is 27.6. The number of aliphatic hydroxyl groups excluding tert-OH is 3. The summed E-state index contributed by atoms with van der Waals surface area (Å²) in [6, 6.07) is 0. The highest BCUT2D eigenvalue weighted by atomic mass is 16.6. The molecule has 0 saturated carbocycles. The van der Waals surface area contributed by atoms with Crippen LogP contribution < -0.4 is 0 Å². The van der Waals surface area contributed by atoms with Crippen LogP contribution in [-0.4, -0.2) is 59.6 Å². The molecule has 0 radical (unpaired) electrons. The summed E-state index contributed by atoms with van der Waals surface area (Å²) < 4.78 is 11.0. The van der Waals surface area contributed by atoms with E-state index in [4.69, 9.17) is 14.6 Å². The van der Waals surface area contributed by atoms with Crippen molar-refractivity contribution in [2.24, 2.45) is 0 Å². The summed E-state index contributed by atoms with van der Waals surface area (Å²) in [5.41, 5.74) is 0. The van der Waals surface area contributed by atoms with Gasteiger partial charge in [-0.05, 0) is 25.7 Å². The summed E-state index contributed by atoms with van der Waals surface area (Å²) in [5, 5.41) is 28.6. The first-order valence-electron chi connectivity index (χ1n) is 12.6. The van der Waals surface area contributed by atoms with Crippen LogP contribution in [0.3, 0.4) is 0 Å². The number of unbranched alkanes of at least 4 members (excludes halogenated alkanes) is 13. The summed E-state index contributed by atoms with van der Waals surface area (Å²) in [6.45, 7) is 2.70. The predicted molar refractivity (Wildman–Crippen MR) is 123 cm³/mol. The Morgan fingerprint density at radius 3 is 1.97 bits per heavy atom. The minimum Gasteiger partial charge on any atom is -0.394 e. The normalized spacial score (nSPS) is 22.9. The smallest absolute Gasteiger partial charge is 0.114 e. The average molecular weight is 429 g/mol. The van der Waals surface area contributed by atoms with Crippen LogP contribution in [0.2, 0.25) is 0 Å². The van der Waals surface area contributed by atoms with Crippen molar-refractivity contribution >= 4 is 0 Å². The summed E-state index contributed by atoms with van der Waals surface area (Å²) in [5.74, 6) is 0. The molecule has 0 bridgehead atoms. The van der Waals surface area contributed by atoms with Gasteiger partial charge in [0, 0.05) is 6.61 Å². The highest BCUT2D eigenvalue weighted by Gasteiger charge is 2.40. The lowest BCUT2D eigenvalue weighted by Gasteiger charge is -2.20. The molecule has 1 fully saturated rings. The van der Waals surface area contributed by atoms with Gasteiger partial charge in [0.25, 0.3) is 0 Å². The number of hydrogen-bond acceptors (Lipinski definition) is 5. The molecule has 0 aromatic carbocycles. The Morgan fingerprint density at radius 1 is 0.867 bits per heavy atom. The minimum absolute atomic E-state index is 0.277. The van der Waals surface area contributed by atoms with Gasteiger partial charge in [-0.3, -0.25) is 0 Å². The molecule has 0 spiro atoms. The zero-order chi connectivity index (χ0) is 21.9. The Kier molecular flexibility index (Phi) is 17.7. The van der Waals surface area contributed by atoms with Gasteiger partial charge in [0.1, 0.15) is 24.4 Å². The van der Waals surface area contributed by atoms with Gasteiger partial charge in [-0.2, -0.15) is 0 Å². The highest BCUT2D eigenvalue weighted by Crippen LogP contribution is 2.20. The second-order valence-electron chi connectivity index (χ2n) is 8.74. The summed E-state index contributed by atoms with van der Waals surface area (Å²) in [6.07, 6.45) is 21.0. The van der Waals surface area contributed by atoms with Crippen molar-refractivity contribution in [1.29, 1.82) is 0 Å². The molecule has 1 aliphatic heterocycles. The van der Waals surface area contributed by atoms with E-state index >= 15 is 0 Å². The van der Waals surface area contributed by atoms with E-state index in [9.17, 15) is 10.2 Å². The van der Waals surface area contributed by atoms with Crippen molar-refractivity contribution in [3.63, 3.8) is 0 Å². The summed E-state index contributed by atoms with van der Waals surface area (Å²) in [4.78, 5) is 0. The molecule has 30 heavy (non-hydrogen) atoms. The van der Waals surface area contributed by atoms with Crippen LogP contribution in [0.25, 0.3) is 0 Å². The maximum absolute atomic E-state index is 10.1. The largest absolute Gasteiger partial charge is 0.394 e. The predicted octanol–water partition coefficient (Wildman–Crippen LogP) is 4.91. The third kappa shape index (κ3) is 13.1. The van der Waals surface area contributed by atoms with Gasteiger partial charge in [0.15, 0.2) is 0 Å². The van der Waals surface area contributed by atoms with Crippen LogP contribution in [0.5, 0.6) is 0 Å². The SMILES string of the molecule is CCC/C=C/CCCCCCCCCCCCCCO[C@@H]1CO[C@@H]([C@@H](O)CO)[C@H]1O. The highest BCUT2D eigenvalue weighted by molar-refractivity contribution is 4.88. The molecule has 0 aromatic rings. The molecule has 1 heterocycles. The van der Waals surface area contributed by atoms with Crippen LogP contribution in [0, 0.1) is 0 Å². The van der Waals surface area contributed by atoms with Gasteiger partial charge in [-0.1, -0.05) is 89.7 Å². The fourth-order valence-corrected chi connectivity index (χ4v) is 3.97. The standard InChI is InChI=1S/C25H48O5/c1-2-3-4-5-6-7-8-9-10-11-12-13-14-15-16-17-18-19-29-23-21-30-25(24(23)28)22(27)20-26/h4-5,22-28H,2-3,6-21H2,1H3/b5-4+/t22-,23+,24-,25-/m0/s1. The number of allylic oxidation sites excluding steroid dienone is 2. The van der Waals surface area contributed by atoms with Gasteiger partial charge >= 0.3 is 0 Å². The number of rotatable bonds is 20. The van der Waals surface area contributed by atoms with E-state index in [-0.39, 0.29) is 6.61 Å². The van der Waals surface area contributed by atoms with E-state index in [2.05, 4.69) is 19.1 Å². The van der Waals surface area contributed by atoms with Crippen LogP contribution >= 0.6 is 0 Å². The first-order valence-corrected chi connectivity index (χ1v) is 12.6. The van der Waals surface area contributed by atoms with Crippen LogP contribution in [0.15, 0.2) is 12.2 Å². The topological polar surface area (TPSA) is 79.2 Å². The van der Waals surface area contributed by atoms with Crippen LogP contribution in [-0.2, 0) is 9.47 Å². The van der Waals surface area contributed by atoms with Gasteiger partial charge in [-0.25, -0.2) is 0 Å². The molecular formula is C25H48O5. The average Bonchev–Trinajstić information content (AvgIpc) is 3.12. The maximum Gasteiger partial charge on any atom is 0.114 e. The number of aliphatic hydroxyl groups is 3. The monoisotopic (exact) mass is 428 g/mol. The van der Waals surface area contributed by atoms with Gasteiger partial charge < -0.3 is 24.8 Å². The quantitative estimate of drug-likeness (QED) is 0.190. The van der Waals surface area contributed by atoms with Crippen molar-refractivity contribution in [3.05, 3.63) is 12.2 Å². The Balaban J connectivity index is 1.79. The molecule has 0 aliphatic carbocycles. The second-order valence-corrected chi connectivity index (χ2v) is 8.74. The summed E-state index contributed by atoms with van der Waals surface area (Å²) in [7, 11) is 0. The van der Waals surface area contributed by atoms with Gasteiger partial charge in [0.05, 0.1) is 13.2 Å². The lowest BCUT2D eigenvalue weighted by molar-refractivity contribution is -0.0730. The number of hydrogen-bond donors (Lipinski definition) is 3. The molecule has 3 N–H and O–H groups in total. The zero-order valence-electron chi connectivity index (χ0n) is 19.4. The van der Waals surface area contributed by atoms with E-state index in [1.54, 1.807) is 0 Å². The van der Waals surface area contributed by atoms with Gasteiger partial charge in [0.2, 0.25) is 0 Å². The molecule has 5 heteroatoms. The third-order valence-corrected chi connectivity index (χ3v) is 5.96. The van der Waals surface area contributed by atoms with Crippen LogP contribution in [0.4, 0.5) is 0 Å². The fraction of sp³-hybridized carbons (Fsp3) is 0.920. The molecule has 0 unspecified atom stereocenters. The lowest BCUT2D eigenvalue weighted by Crippen LogP contribution is -2.41. The Bertz CT molecular complexity index is 401. The van der Waals surface area contributed by atoms with E-state index in [0.29, 0.717) is 6.61 Å². The number of ether oxygens (including phenoxy) is 2. The van der Waals surface area contributed by atoms with E-state index < -0.39 is 31.0 Å². The van der Waals surface area contributed by atoms with E-state index in [0.717, 1.165) is 12.8 Å². The van der Waals surface area contributed by atoms with Crippen molar-refractivity contribution in [3.8, 4) is 0 Å². The van der Waals surface area contributed by atoms with Gasteiger partial charge in [-0.15, -0.1) is 0 Å². The molecule has 4 atom stereocenters. The zero-order valence-corrected chi connectivity index (χ0v) is 19.4. The Hall–Kier alpha value is -0.460. The van der Waals surface area contributed by atoms with Crippen molar-refractivity contribution in [1.82, 2.24) is 0 Å². The molecule has 1 rings (SSSR count). The van der Waals surface area contributed by atoms with Crippen LogP contribution in [0.1, 0.15) is 103 Å². The molecule has 0 aromatic heterocycles.